The molecule has 0 bridgehead atoms. The first kappa shape index (κ1) is 33.8. The quantitative estimate of drug-likeness (QED) is 0.141. The maximum Gasteiger partial charge on any atom is 0.249 e. The van der Waals surface area contributed by atoms with Crippen molar-refractivity contribution in [1.29, 1.82) is 0 Å². The molecule has 3 rings (SSSR count). The maximum absolute atomic E-state index is 13.3. The van der Waals surface area contributed by atoms with E-state index < -0.39 is 70.4 Å². The van der Waals surface area contributed by atoms with Gasteiger partial charge in [0.1, 0.15) is 28.8 Å². The summed E-state index contributed by atoms with van der Waals surface area (Å²) in [4.78, 5) is 50.6. The van der Waals surface area contributed by atoms with Gasteiger partial charge in [-0.15, -0.1) is 0 Å². The molecule has 0 aliphatic carbocycles. The summed E-state index contributed by atoms with van der Waals surface area (Å²) in [6.45, 7) is -1.49. The predicted molar refractivity (Wildman–Crippen MR) is 166 cm³/mol. The minimum atomic E-state index is -1.43. The zero-order chi connectivity index (χ0) is 31.4. The van der Waals surface area contributed by atoms with Crippen molar-refractivity contribution in [3.05, 3.63) is 102 Å². The molecule has 13 heteroatoms. The van der Waals surface area contributed by atoms with Gasteiger partial charge in [0, 0.05) is 12.1 Å². The van der Waals surface area contributed by atoms with Crippen LogP contribution in [0, 0.1) is 5.82 Å². The van der Waals surface area contributed by atoms with Crippen molar-refractivity contribution >= 4 is 61.2 Å². The number of amides is 4. The first-order valence-electron chi connectivity index (χ1n) is 13.2. The lowest BCUT2D eigenvalue weighted by molar-refractivity contribution is -0.133. The molecule has 43 heavy (non-hydrogen) atoms. The van der Waals surface area contributed by atoms with Crippen LogP contribution in [-0.2, 0) is 25.6 Å². The minimum Gasteiger partial charge on any atom is -0.394 e. The first-order chi connectivity index (χ1) is 20.6. The molecule has 0 aliphatic heterocycles. The van der Waals surface area contributed by atoms with Crippen molar-refractivity contribution in [2.24, 2.45) is 0 Å². The Morgan fingerprint density at radius 2 is 1.14 bits per heavy atom. The molecule has 3 aromatic carbocycles. The number of rotatable bonds is 14. The van der Waals surface area contributed by atoms with Crippen molar-refractivity contribution in [3.63, 3.8) is 0 Å². The van der Waals surface area contributed by atoms with E-state index >= 15 is 0 Å². The zero-order valence-corrected chi connectivity index (χ0v) is 25.9. The highest BCUT2D eigenvalue weighted by Crippen LogP contribution is 2.31. The summed E-state index contributed by atoms with van der Waals surface area (Å²) >= 11 is 6.65. The number of benzene rings is 3. The van der Waals surface area contributed by atoms with E-state index in [0.29, 0.717) is 16.8 Å². The maximum atomic E-state index is 13.3. The molecule has 0 fully saturated rings. The van der Waals surface area contributed by atoms with Crippen LogP contribution in [0.1, 0.15) is 16.0 Å². The van der Waals surface area contributed by atoms with Crippen LogP contribution >= 0.6 is 31.9 Å². The van der Waals surface area contributed by atoms with E-state index in [1.807, 2.05) is 0 Å². The van der Waals surface area contributed by atoms with Gasteiger partial charge in [0.2, 0.25) is 23.6 Å². The fraction of sp³-hybridized carbons (Fsp3) is 0.267. The van der Waals surface area contributed by atoms with Crippen LogP contribution in [-0.4, -0.2) is 70.0 Å². The molecule has 5 atom stereocenters. The Bertz CT molecular complexity index is 1370. The van der Waals surface area contributed by atoms with Crippen LogP contribution in [0.3, 0.4) is 0 Å². The third-order valence-electron chi connectivity index (χ3n) is 6.28. The number of nitrogens with one attached hydrogen (secondary N) is 4. The molecule has 0 heterocycles. The third-order valence-corrected chi connectivity index (χ3v) is 9.00. The van der Waals surface area contributed by atoms with Gasteiger partial charge in [-0.25, -0.2) is 4.39 Å². The molecule has 0 aromatic heterocycles. The van der Waals surface area contributed by atoms with Gasteiger partial charge < -0.3 is 31.5 Å². The second kappa shape index (κ2) is 16.8. The van der Waals surface area contributed by atoms with Gasteiger partial charge in [0.05, 0.1) is 18.0 Å². The molecule has 2 unspecified atom stereocenters. The number of carbonyl (C=O) groups excluding carboxylic acids is 4. The van der Waals surface area contributed by atoms with Gasteiger partial charge in [-0.2, -0.15) is 0 Å². The van der Waals surface area contributed by atoms with Crippen molar-refractivity contribution in [2.45, 2.75) is 34.2 Å². The summed E-state index contributed by atoms with van der Waals surface area (Å²) in [6, 6.07) is 18.7. The fourth-order valence-electron chi connectivity index (χ4n) is 3.94. The number of hydrogen-bond donors (Lipinski definition) is 6. The Kier molecular flexibility index (Phi) is 13.3. The molecule has 10 nitrogen and oxygen atoms in total. The van der Waals surface area contributed by atoms with Crippen LogP contribution in [0.4, 0.5) is 10.1 Å². The molecule has 0 aliphatic rings. The van der Waals surface area contributed by atoms with Crippen LogP contribution in [0.25, 0.3) is 0 Å². The minimum absolute atomic E-state index is 0.0120. The van der Waals surface area contributed by atoms with Crippen LogP contribution in [0.15, 0.2) is 84.9 Å². The van der Waals surface area contributed by atoms with E-state index in [2.05, 4.69) is 53.1 Å². The lowest BCUT2D eigenvalue weighted by Crippen LogP contribution is -2.58. The van der Waals surface area contributed by atoms with Gasteiger partial charge in [0.15, 0.2) is 0 Å². The van der Waals surface area contributed by atoms with Crippen LogP contribution < -0.4 is 21.3 Å². The van der Waals surface area contributed by atoms with Crippen molar-refractivity contribution in [2.75, 3.05) is 18.5 Å². The topological polar surface area (TPSA) is 157 Å². The summed E-state index contributed by atoms with van der Waals surface area (Å²) in [5.74, 6) is -3.37. The third kappa shape index (κ3) is 10.2. The highest BCUT2D eigenvalue weighted by Gasteiger charge is 2.32. The lowest BCUT2D eigenvalue weighted by atomic mass is 10.0. The number of halogens is 3. The Labute approximate surface area is 264 Å². The monoisotopic (exact) mass is 720 g/mol. The van der Waals surface area contributed by atoms with Crippen molar-refractivity contribution in [1.82, 2.24) is 16.0 Å². The summed E-state index contributed by atoms with van der Waals surface area (Å²) in [6.07, 6.45) is 0.0120. The van der Waals surface area contributed by atoms with Gasteiger partial charge in [0.25, 0.3) is 0 Å². The molecule has 0 radical (unpaired) electrons. The molecule has 4 amide bonds. The lowest BCUT2D eigenvalue weighted by Gasteiger charge is -2.25. The predicted octanol–water partition coefficient (Wildman–Crippen LogP) is 2.35. The number of carbonyl (C=O) groups is 4. The Hall–Kier alpha value is -3.65. The second-order valence-corrected chi connectivity index (χ2v) is 11.4. The number of anilines is 1. The largest absolute Gasteiger partial charge is 0.394 e. The average Bonchev–Trinajstić information content (AvgIpc) is 3.02. The van der Waals surface area contributed by atoms with Gasteiger partial charge in [-0.3, -0.25) is 19.2 Å². The highest BCUT2D eigenvalue weighted by molar-refractivity contribution is 9.12. The van der Waals surface area contributed by atoms with E-state index in [1.54, 1.807) is 60.7 Å². The molecular formula is C30H31Br2FN4O6. The SMILES string of the molecule is O=C(N[C@@H](CO)C(=O)N[C@@H](Cc1ccccc1)C(=O)N[C@@H](CO)C(=O)Nc1ccccc1)C(Br)C(Br)c1ccc(F)cc1. The number of aliphatic hydroxyl groups is 2. The molecule has 0 saturated carbocycles. The van der Waals surface area contributed by atoms with Crippen molar-refractivity contribution < 1.29 is 33.8 Å². The number of alkyl halides is 2. The van der Waals surface area contributed by atoms with E-state index in [9.17, 15) is 33.8 Å². The average molecular weight is 722 g/mol. The highest BCUT2D eigenvalue weighted by atomic mass is 79.9. The summed E-state index contributed by atoms with van der Waals surface area (Å²) in [5, 5.41) is 29.8. The van der Waals surface area contributed by atoms with E-state index in [4.69, 9.17) is 0 Å². The van der Waals surface area contributed by atoms with Gasteiger partial charge in [-0.05, 0) is 35.4 Å². The normalized spacial score (nSPS) is 14.3. The Morgan fingerprint density at radius 1 is 0.651 bits per heavy atom. The van der Waals surface area contributed by atoms with Gasteiger partial charge in [-0.1, -0.05) is 92.5 Å². The molecule has 0 saturated heterocycles. The smallest absolute Gasteiger partial charge is 0.249 e. The molecular weight excluding hydrogens is 691 g/mol. The molecule has 3 aromatic rings. The molecule has 0 spiro atoms. The van der Waals surface area contributed by atoms with E-state index in [-0.39, 0.29) is 6.42 Å². The summed E-state index contributed by atoms with van der Waals surface area (Å²) in [7, 11) is 0. The Balaban J connectivity index is 1.70. The van der Waals surface area contributed by atoms with E-state index in [1.165, 1.54) is 24.3 Å². The molecule has 228 valence electrons. The first-order valence-corrected chi connectivity index (χ1v) is 15.0. The fourth-order valence-corrected chi connectivity index (χ4v) is 4.93. The zero-order valence-electron chi connectivity index (χ0n) is 22.8. The number of aliphatic hydroxyl groups excluding tert-OH is 2. The second-order valence-electron chi connectivity index (χ2n) is 9.45. The number of hydrogen-bond acceptors (Lipinski definition) is 6. The van der Waals surface area contributed by atoms with E-state index in [0.717, 1.165) is 0 Å². The Morgan fingerprint density at radius 3 is 1.72 bits per heavy atom. The summed E-state index contributed by atoms with van der Waals surface area (Å²) in [5.41, 5.74) is 1.74. The summed E-state index contributed by atoms with van der Waals surface area (Å²) < 4.78 is 13.3. The molecule has 6 N–H and O–H groups in total. The number of para-hydroxylation sites is 1. The standard InChI is InChI=1S/C30H31Br2FN4O6/c31-25(19-11-13-20(33)14-12-19)26(32)30(43)37-24(17-39)29(42)35-22(15-18-7-3-1-4-8-18)27(40)36-23(16-38)28(41)34-21-9-5-2-6-10-21/h1-14,22-26,38-39H,15-17H2,(H,34,41)(H,35,42)(H,36,40)(H,37,43)/t22-,23-,24-,25?,26?/m0/s1. The van der Waals surface area contributed by atoms with Gasteiger partial charge >= 0.3 is 0 Å². The van der Waals surface area contributed by atoms with Crippen LogP contribution in [0.5, 0.6) is 0 Å². The van der Waals surface area contributed by atoms with Crippen molar-refractivity contribution in [3.8, 4) is 0 Å². The van der Waals surface area contributed by atoms with Crippen LogP contribution in [0.2, 0.25) is 0 Å².